The molecular weight excluding hydrogens is 426 g/mol. The zero-order chi connectivity index (χ0) is 23.9. The highest BCUT2D eigenvalue weighted by Gasteiger charge is 2.51. The molecule has 34 heavy (non-hydrogen) atoms. The molecule has 2 heterocycles. The average Bonchev–Trinajstić information content (AvgIpc) is 3.22. The lowest BCUT2D eigenvalue weighted by Crippen LogP contribution is -2.60. The minimum Gasteiger partial charge on any atom is -0.481 e. The lowest BCUT2D eigenvalue weighted by atomic mass is 9.82. The third kappa shape index (κ3) is 3.51. The van der Waals surface area contributed by atoms with Crippen molar-refractivity contribution in [2.75, 3.05) is 6.54 Å². The number of quaternary nitrogens is 1. The fourth-order valence-corrected chi connectivity index (χ4v) is 5.53. The Labute approximate surface area is 198 Å². The summed E-state index contributed by atoms with van der Waals surface area (Å²) in [7, 11) is 1.90. The first-order valence-electron chi connectivity index (χ1n) is 11.6. The van der Waals surface area contributed by atoms with E-state index in [2.05, 4.69) is 48.4 Å². The molecule has 5 rings (SSSR count). The van der Waals surface area contributed by atoms with Crippen LogP contribution in [0.15, 0.2) is 72.9 Å². The third-order valence-electron chi connectivity index (χ3n) is 7.20. The smallest absolute Gasteiger partial charge is 0.320 e. The fourth-order valence-electron chi connectivity index (χ4n) is 5.53. The van der Waals surface area contributed by atoms with E-state index in [1.165, 1.54) is 11.1 Å². The SMILES string of the molecule is Cc1cccc2c1CC[N+](C(=O)CCC(=O)O)(c1ccc3cnn(C)c3c1)C2c1ccccc1. The van der Waals surface area contributed by atoms with Gasteiger partial charge in [-0.05, 0) is 24.1 Å². The van der Waals surface area contributed by atoms with E-state index in [0.29, 0.717) is 6.54 Å². The molecule has 1 aromatic heterocycles. The number of benzene rings is 3. The van der Waals surface area contributed by atoms with Crippen LogP contribution in [-0.2, 0) is 23.1 Å². The van der Waals surface area contributed by atoms with Gasteiger partial charge in [-0.25, -0.2) is 9.28 Å². The summed E-state index contributed by atoms with van der Waals surface area (Å²) >= 11 is 0. The van der Waals surface area contributed by atoms with Crippen molar-refractivity contribution in [3.8, 4) is 0 Å². The van der Waals surface area contributed by atoms with Crippen molar-refractivity contribution in [1.82, 2.24) is 14.3 Å². The summed E-state index contributed by atoms with van der Waals surface area (Å²) in [6.07, 6.45) is 2.35. The molecule has 0 radical (unpaired) electrons. The van der Waals surface area contributed by atoms with E-state index in [-0.39, 0.29) is 29.3 Å². The van der Waals surface area contributed by atoms with Gasteiger partial charge < -0.3 is 5.11 Å². The van der Waals surface area contributed by atoms with Crippen molar-refractivity contribution in [3.63, 3.8) is 0 Å². The molecule has 6 heteroatoms. The Balaban J connectivity index is 1.80. The van der Waals surface area contributed by atoms with Gasteiger partial charge in [-0.2, -0.15) is 5.10 Å². The summed E-state index contributed by atoms with van der Waals surface area (Å²) < 4.78 is 1.88. The highest BCUT2D eigenvalue weighted by atomic mass is 16.4. The number of carboxylic acids is 1. The number of hydrogen-bond acceptors (Lipinski definition) is 3. The van der Waals surface area contributed by atoms with Gasteiger partial charge in [0.15, 0.2) is 6.04 Å². The van der Waals surface area contributed by atoms with E-state index in [0.717, 1.165) is 34.1 Å². The molecule has 6 nitrogen and oxygen atoms in total. The average molecular weight is 455 g/mol. The number of carbonyl (C=O) groups excluding carboxylic acids is 1. The van der Waals surface area contributed by atoms with Crippen LogP contribution >= 0.6 is 0 Å². The Morgan fingerprint density at radius 2 is 1.85 bits per heavy atom. The zero-order valence-electron chi connectivity index (χ0n) is 19.4. The quantitative estimate of drug-likeness (QED) is 0.434. The van der Waals surface area contributed by atoms with Crippen molar-refractivity contribution in [3.05, 3.63) is 95.2 Å². The number of aryl methyl sites for hydroxylation is 2. The van der Waals surface area contributed by atoms with Crippen LogP contribution in [0.4, 0.5) is 5.69 Å². The molecule has 0 saturated heterocycles. The number of amides is 1. The Bertz CT molecular complexity index is 1390. The van der Waals surface area contributed by atoms with E-state index in [1.54, 1.807) is 0 Å². The van der Waals surface area contributed by atoms with Gasteiger partial charge in [-0.15, -0.1) is 0 Å². The van der Waals surface area contributed by atoms with Gasteiger partial charge >= 0.3 is 11.9 Å². The molecule has 0 spiro atoms. The Morgan fingerprint density at radius 1 is 1.06 bits per heavy atom. The summed E-state index contributed by atoms with van der Waals surface area (Å²) in [5, 5.41) is 14.8. The van der Waals surface area contributed by atoms with Crippen LogP contribution in [0.25, 0.3) is 10.9 Å². The van der Waals surface area contributed by atoms with E-state index in [9.17, 15) is 14.7 Å². The monoisotopic (exact) mass is 454 g/mol. The second-order valence-electron chi connectivity index (χ2n) is 9.10. The minimum absolute atomic E-state index is 0.0246. The van der Waals surface area contributed by atoms with E-state index in [4.69, 9.17) is 0 Å². The molecule has 0 fully saturated rings. The summed E-state index contributed by atoms with van der Waals surface area (Å²) in [5.41, 5.74) is 6.48. The molecule has 0 aliphatic carbocycles. The van der Waals surface area contributed by atoms with Gasteiger partial charge in [-0.3, -0.25) is 9.48 Å². The molecule has 4 aromatic rings. The molecule has 0 saturated carbocycles. The molecule has 1 N–H and O–H groups in total. The van der Waals surface area contributed by atoms with Crippen molar-refractivity contribution >= 4 is 28.5 Å². The molecule has 3 aromatic carbocycles. The largest absolute Gasteiger partial charge is 0.481 e. The summed E-state index contributed by atoms with van der Waals surface area (Å²) in [4.78, 5) is 25.6. The van der Waals surface area contributed by atoms with Crippen LogP contribution < -0.4 is 4.48 Å². The molecule has 1 aliphatic rings. The van der Waals surface area contributed by atoms with Gasteiger partial charge in [0.25, 0.3) is 0 Å². The summed E-state index contributed by atoms with van der Waals surface area (Å²) in [6.45, 7) is 2.69. The highest BCUT2D eigenvalue weighted by molar-refractivity contribution is 5.94. The summed E-state index contributed by atoms with van der Waals surface area (Å²) in [5.74, 6) is -1.04. The van der Waals surface area contributed by atoms with Crippen LogP contribution in [-0.4, -0.2) is 33.3 Å². The van der Waals surface area contributed by atoms with Crippen LogP contribution in [0.3, 0.4) is 0 Å². The first-order chi connectivity index (χ1) is 16.4. The molecular formula is C28H28N3O3+. The number of aromatic nitrogens is 2. The van der Waals surface area contributed by atoms with Gasteiger partial charge in [0.2, 0.25) is 0 Å². The molecule has 1 aliphatic heterocycles. The van der Waals surface area contributed by atoms with Crippen LogP contribution in [0.2, 0.25) is 0 Å². The second kappa shape index (κ2) is 8.54. The Kier molecular flexibility index (Phi) is 5.54. The van der Waals surface area contributed by atoms with Crippen LogP contribution in [0.1, 0.15) is 41.1 Å². The maximum absolute atomic E-state index is 14.1. The first-order valence-corrected chi connectivity index (χ1v) is 11.6. The number of carboxylic acid groups (broad SMARTS) is 1. The van der Waals surface area contributed by atoms with Gasteiger partial charge in [0, 0.05) is 42.1 Å². The van der Waals surface area contributed by atoms with E-state index in [1.807, 2.05) is 48.3 Å². The first kappa shape index (κ1) is 22.0. The molecule has 172 valence electrons. The Hall–Kier alpha value is -3.77. The predicted octanol–water partition coefficient (Wildman–Crippen LogP) is 4.93. The zero-order valence-corrected chi connectivity index (χ0v) is 19.4. The maximum atomic E-state index is 14.1. The maximum Gasteiger partial charge on any atom is 0.320 e. The van der Waals surface area contributed by atoms with Gasteiger partial charge in [0.05, 0.1) is 31.1 Å². The normalized spacial score (nSPS) is 19.6. The van der Waals surface area contributed by atoms with Crippen LogP contribution in [0.5, 0.6) is 0 Å². The molecule has 2 atom stereocenters. The lowest BCUT2D eigenvalue weighted by molar-refractivity contribution is -0.141. The Morgan fingerprint density at radius 3 is 2.62 bits per heavy atom. The van der Waals surface area contributed by atoms with E-state index >= 15 is 0 Å². The predicted molar refractivity (Wildman–Crippen MR) is 132 cm³/mol. The standard InChI is InChI=1S/C28H27N3O3/c1-19-7-6-10-24-23(19)15-16-31(26(32)13-14-27(33)34,28(24)20-8-4-3-5-9-20)22-12-11-21-18-29-30(2)25(21)17-22/h3-12,17-18,28H,13-16H2,1-2H3/p+1. The van der Waals surface area contributed by atoms with Crippen LogP contribution in [0, 0.1) is 6.92 Å². The van der Waals surface area contributed by atoms with Crippen molar-refractivity contribution in [2.45, 2.75) is 32.2 Å². The molecule has 2 unspecified atom stereocenters. The van der Waals surface area contributed by atoms with Crippen molar-refractivity contribution in [1.29, 1.82) is 0 Å². The molecule has 0 bridgehead atoms. The van der Waals surface area contributed by atoms with E-state index < -0.39 is 5.97 Å². The number of rotatable bonds is 5. The van der Waals surface area contributed by atoms with Gasteiger partial charge in [-0.1, -0.05) is 48.5 Å². The van der Waals surface area contributed by atoms with Crippen molar-refractivity contribution in [2.24, 2.45) is 7.05 Å². The third-order valence-corrected chi connectivity index (χ3v) is 7.20. The number of nitrogens with zero attached hydrogens (tertiary/aromatic N) is 3. The minimum atomic E-state index is -0.960. The number of carbonyl (C=O) groups is 2. The number of hydrogen-bond donors (Lipinski definition) is 1. The summed E-state index contributed by atoms with van der Waals surface area (Å²) in [6, 6.07) is 22.2. The lowest BCUT2D eigenvalue weighted by Gasteiger charge is -2.46. The second-order valence-corrected chi connectivity index (χ2v) is 9.10. The fraction of sp³-hybridized carbons (Fsp3) is 0.250. The molecule has 1 amide bonds. The highest BCUT2D eigenvalue weighted by Crippen LogP contribution is 2.46. The van der Waals surface area contributed by atoms with Gasteiger partial charge in [0.1, 0.15) is 5.69 Å². The van der Waals surface area contributed by atoms with Crippen molar-refractivity contribution < 1.29 is 14.7 Å². The topological polar surface area (TPSA) is 72.2 Å². The number of fused-ring (bicyclic) bond motifs is 2. The number of aliphatic carboxylic acids is 1.